The first-order valence-electron chi connectivity index (χ1n) is 11.0. The molecule has 3 fully saturated rings. The van der Waals surface area contributed by atoms with Crippen LogP contribution in [-0.2, 0) is 9.59 Å². The molecular formula is C25H25NO4. The average molecular weight is 403 g/mol. The van der Waals surface area contributed by atoms with Crippen molar-refractivity contribution in [2.24, 2.45) is 17.8 Å². The molecule has 2 heterocycles. The van der Waals surface area contributed by atoms with Gasteiger partial charge < -0.3 is 9.84 Å². The third-order valence-electron chi connectivity index (χ3n) is 7.87. The van der Waals surface area contributed by atoms with Gasteiger partial charge in [0, 0.05) is 12.0 Å². The summed E-state index contributed by atoms with van der Waals surface area (Å²) in [5, 5.41) is 10.0. The number of carbonyl (C=O) groups is 2. The average Bonchev–Trinajstić information content (AvgIpc) is 3.31. The number of benzene rings is 2. The minimum absolute atomic E-state index is 0.000884. The molecule has 2 amide bonds. The molecule has 0 bridgehead atoms. The lowest BCUT2D eigenvalue weighted by molar-refractivity contribution is -0.133. The van der Waals surface area contributed by atoms with Crippen LogP contribution in [0.2, 0.25) is 0 Å². The smallest absolute Gasteiger partial charge is 0.238 e. The van der Waals surface area contributed by atoms with E-state index in [0.29, 0.717) is 5.69 Å². The van der Waals surface area contributed by atoms with Crippen LogP contribution in [-0.4, -0.2) is 22.5 Å². The number of phenols is 1. The molecule has 2 aliphatic carbocycles. The molecule has 4 aliphatic rings. The molecule has 5 heteroatoms. The topological polar surface area (TPSA) is 66.8 Å². The molecule has 1 spiro atoms. The van der Waals surface area contributed by atoms with Crippen molar-refractivity contribution in [3.63, 3.8) is 0 Å². The quantitative estimate of drug-likeness (QED) is 0.717. The van der Waals surface area contributed by atoms with E-state index in [1.165, 1.54) is 4.90 Å². The number of ether oxygens (including phenoxy) is 1. The fourth-order valence-corrected chi connectivity index (χ4v) is 6.73. The highest BCUT2D eigenvalue weighted by Crippen LogP contribution is 2.61. The summed E-state index contributed by atoms with van der Waals surface area (Å²) in [6, 6.07) is 14.7. The lowest BCUT2D eigenvalue weighted by Gasteiger charge is -2.52. The number of imide groups is 1. The number of hydrogen-bond acceptors (Lipinski definition) is 4. The van der Waals surface area contributed by atoms with Crippen LogP contribution < -0.4 is 9.64 Å². The maximum absolute atomic E-state index is 13.7. The molecule has 1 saturated heterocycles. The summed E-state index contributed by atoms with van der Waals surface area (Å²) < 4.78 is 6.62. The molecule has 4 atom stereocenters. The molecule has 2 aromatic rings. The third-order valence-corrected chi connectivity index (χ3v) is 7.87. The Balaban J connectivity index is 1.47. The Kier molecular flexibility index (Phi) is 3.80. The molecule has 0 unspecified atom stereocenters. The number of nitrogens with zero attached hydrogens (tertiary/aromatic N) is 1. The molecular weight excluding hydrogens is 378 g/mol. The van der Waals surface area contributed by atoms with Crippen LogP contribution in [0.25, 0.3) is 0 Å². The van der Waals surface area contributed by atoms with Gasteiger partial charge in [0.05, 0.1) is 17.5 Å². The highest BCUT2D eigenvalue weighted by atomic mass is 16.5. The Morgan fingerprint density at radius 2 is 1.67 bits per heavy atom. The van der Waals surface area contributed by atoms with Gasteiger partial charge in [-0.25, -0.2) is 0 Å². The number of rotatable bonds is 1. The zero-order chi connectivity index (χ0) is 20.5. The van der Waals surface area contributed by atoms with Gasteiger partial charge in [0.2, 0.25) is 11.8 Å². The molecule has 30 heavy (non-hydrogen) atoms. The van der Waals surface area contributed by atoms with Crippen molar-refractivity contribution in [2.45, 2.75) is 50.0 Å². The van der Waals surface area contributed by atoms with E-state index < -0.39 is 5.60 Å². The highest BCUT2D eigenvalue weighted by molar-refractivity contribution is 6.22. The first-order chi connectivity index (χ1) is 14.6. The summed E-state index contributed by atoms with van der Waals surface area (Å²) in [5.74, 6) is 0.421. The molecule has 2 aromatic carbocycles. The van der Waals surface area contributed by atoms with E-state index >= 15 is 0 Å². The van der Waals surface area contributed by atoms with Crippen molar-refractivity contribution in [2.75, 3.05) is 4.90 Å². The molecule has 2 aliphatic heterocycles. The number of fused-ring (bicyclic) bond motifs is 6. The van der Waals surface area contributed by atoms with E-state index in [-0.39, 0.29) is 41.2 Å². The van der Waals surface area contributed by atoms with E-state index in [0.717, 1.165) is 49.8 Å². The van der Waals surface area contributed by atoms with Gasteiger partial charge >= 0.3 is 0 Å². The van der Waals surface area contributed by atoms with Crippen molar-refractivity contribution in [3.05, 3.63) is 54.1 Å². The van der Waals surface area contributed by atoms with Crippen molar-refractivity contribution in [3.8, 4) is 11.5 Å². The van der Waals surface area contributed by atoms with E-state index in [9.17, 15) is 14.7 Å². The van der Waals surface area contributed by atoms with Gasteiger partial charge in [-0.05, 0) is 68.2 Å². The molecule has 0 aromatic heterocycles. The summed E-state index contributed by atoms with van der Waals surface area (Å²) in [7, 11) is 0. The van der Waals surface area contributed by atoms with Gasteiger partial charge in [-0.1, -0.05) is 24.3 Å². The summed E-state index contributed by atoms with van der Waals surface area (Å²) in [6.45, 7) is 0. The summed E-state index contributed by atoms with van der Waals surface area (Å²) in [4.78, 5) is 28.5. The van der Waals surface area contributed by atoms with Crippen molar-refractivity contribution >= 4 is 17.5 Å². The molecule has 1 N–H and O–H groups in total. The molecule has 154 valence electrons. The van der Waals surface area contributed by atoms with Crippen molar-refractivity contribution in [1.82, 2.24) is 0 Å². The largest absolute Gasteiger partial charge is 0.508 e. The zero-order valence-corrected chi connectivity index (χ0v) is 16.8. The maximum atomic E-state index is 13.7. The SMILES string of the molecule is O=C1[C@@H]2[C@H]3[C@@H](CC[C@@H]2C(=O)N1c1ccccc1)c1ccc(O)cc1OC31CCCC1. The summed E-state index contributed by atoms with van der Waals surface area (Å²) in [6.07, 6.45) is 5.53. The Morgan fingerprint density at radius 3 is 2.43 bits per heavy atom. The lowest BCUT2D eigenvalue weighted by atomic mass is 9.58. The fourth-order valence-electron chi connectivity index (χ4n) is 6.73. The second kappa shape index (κ2) is 6.34. The van der Waals surface area contributed by atoms with Crippen molar-refractivity contribution in [1.29, 1.82) is 0 Å². The molecule has 6 rings (SSSR count). The number of para-hydroxylation sites is 1. The van der Waals surface area contributed by atoms with Crippen LogP contribution in [0, 0.1) is 17.8 Å². The predicted octanol–water partition coefficient (Wildman–Crippen LogP) is 4.40. The summed E-state index contributed by atoms with van der Waals surface area (Å²) in [5.41, 5.74) is 1.32. The van der Waals surface area contributed by atoms with Gasteiger partial charge in [0.15, 0.2) is 0 Å². The number of carbonyl (C=O) groups excluding carboxylic acids is 2. The Bertz CT molecular complexity index is 1030. The molecule has 2 saturated carbocycles. The van der Waals surface area contributed by atoms with Crippen LogP contribution in [0.3, 0.4) is 0 Å². The van der Waals surface area contributed by atoms with Crippen LogP contribution >= 0.6 is 0 Å². The van der Waals surface area contributed by atoms with Gasteiger partial charge in [-0.15, -0.1) is 0 Å². The first kappa shape index (κ1) is 18.0. The number of aromatic hydroxyl groups is 1. The van der Waals surface area contributed by atoms with Gasteiger partial charge in [0.1, 0.15) is 17.1 Å². The monoisotopic (exact) mass is 403 g/mol. The normalized spacial score (nSPS) is 31.3. The third kappa shape index (κ3) is 2.35. The minimum Gasteiger partial charge on any atom is -0.508 e. The van der Waals surface area contributed by atoms with Crippen LogP contribution in [0.15, 0.2) is 48.5 Å². The van der Waals surface area contributed by atoms with Crippen molar-refractivity contribution < 1.29 is 19.4 Å². The van der Waals surface area contributed by atoms with Gasteiger partial charge in [-0.2, -0.15) is 0 Å². The number of hydrogen-bond donors (Lipinski definition) is 1. The number of anilines is 1. The Hall–Kier alpha value is -2.82. The Labute approximate surface area is 175 Å². The standard InChI is InChI=1S/C25H25NO4/c27-16-8-9-17-18-10-11-19-21(22(18)25(12-4-5-13-25)30-20(17)14-16)24(29)26(23(19)28)15-6-2-1-3-7-15/h1-3,6-9,14,18-19,21-22,27H,4-5,10-13H2/t18-,19-,21-,22+/m0/s1. The minimum atomic E-state index is -0.419. The van der Waals surface area contributed by atoms with Gasteiger partial charge in [0.25, 0.3) is 0 Å². The van der Waals surface area contributed by atoms with Crippen LogP contribution in [0.4, 0.5) is 5.69 Å². The van der Waals surface area contributed by atoms with Crippen LogP contribution in [0.5, 0.6) is 11.5 Å². The van der Waals surface area contributed by atoms with E-state index in [2.05, 4.69) is 0 Å². The summed E-state index contributed by atoms with van der Waals surface area (Å²) >= 11 is 0. The van der Waals surface area contributed by atoms with E-state index in [1.807, 2.05) is 36.4 Å². The van der Waals surface area contributed by atoms with E-state index in [1.54, 1.807) is 12.1 Å². The molecule has 0 radical (unpaired) electrons. The predicted molar refractivity (Wildman–Crippen MR) is 111 cm³/mol. The zero-order valence-electron chi connectivity index (χ0n) is 16.8. The number of phenolic OH excluding ortho intramolecular Hbond substituents is 1. The first-order valence-corrected chi connectivity index (χ1v) is 11.0. The Morgan fingerprint density at radius 1 is 0.933 bits per heavy atom. The van der Waals surface area contributed by atoms with Gasteiger partial charge in [-0.3, -0.25) is 14.5 Å². The lowest BCUT2D eigenvalue weighted by Crippen LogP contribution is -2.54. The second-order valence-electron chi connectivity index (χ2n) is 9.29. The highest BCUT2D eigenvalue weighted by Gasteiger charge is 2.64. The fraction of sp³-hybridized carbons (Fsp3) is 0.440. The molecule has 5 nitrogen and oxygen atoms in total. The van der Waals surface area contributed by atoms with Crippen LogP contribution in [0.1, 0.15) is 50.0 Å². The second-order valence-corrected chi connectivity index (χ2v) is 9.29. The maximum Gasteiger partial charge on any atom is 0.238 e. The number of amides is 2. The van der Waals surface area contributed by atoms with E-state index in [4.69, 9.17) is 4.74 Å².